The molecule has 0 saturated carbocycles. The van der Waals surface area contributed by atoms with Gasteiger partial charge in [0.15, 0.2) is 5.79 Å². The van der Waals surface area contributed by atoms with Gasteiger partial charge in [0.05, 0.1) is 13.2 Å². The highest BCUT2D eigenvalue weighted by molar-refractivity contribution is 5.75. The Kier molecular flexibility index (Phi) is 17.3. The largest absolute Gasteiger partial charge is 0.445 e. The third kappa shape index (κ3) is 15.7. The van der Waals surface area contributed by atoms with Crippen LogP contribution in [0.2, 0.25) is 0 Å². The third-order valence-electron chi connectivity index (χ3n) is 6.60. The highest BCUT2D eigenvalue weighted by atomic mass is 16.7. The van der Waals surface area contributed by atoms with Crippen molar-refractivity contribution in [3.8, 4) is 0 Å². The lowest BCUT2D eigenvalue weighted by Gasteiger charge is -2.41. The summed E-state index contributed by atoms with van der Waals surface area (Å²) in [6.45, 7) is 9.47. The molecule has 0 aliphatic carbocycles. The van der Waals surface area contributed by atoms with E-state index in [9.17, 15) is 14.4 Å². The van der Waals surface area contributed by atoms with E-state index in [1.54, 1.807) is 0 Å². The number of carbonyl (C=O) groups excluding carboxylic acids is 3. The molecule has 0 bridgehead atoms. The van der Waals surface area contributed by atoms with Gasteiger partial charge in [-0.15, -0.1) is 0 Å². The molecule has 0 heterocycles. The van der Waals surface area contributed by atoms with E-state index in [4.69, 9.17) is 14.2 Å². The summed E-state index contributed by atoms with van der Waals surface area (Å²) < 4.78 is 17.3. The normalized spacial score (nSPS) is 12.9. The fourth-order valence-corrected chi connectivity index (χ4v) is 3.75. The van der Waals surface area contributed by atoms with E-state index >= 15 is 0 Å². The molecule has 38 heavy (non-hydrogen) atoms. The van der Waals surface area contributed by atoms with Gasteiger partial charge < -0.3 is 29.6 Å². The molecule has 1 unspecified atom stereocenters. The molecular weight excluding hydrogens is 484 g/mol. The van der Waals surface area contributed by atoms with E-state index in [1.165, 1.54) is 19.3 Å². The molecule has 0 aliphatic heterocycles. The number of hydrogen-bond donors (Lipinski definition) is 2. The molecule has 0 fully saturated rings. The van der Waals surface area contributed by atoms with Crippen molar-refractivity contribution >= 4 is 18.3 Å². The number of unbranched alkanes of at least 4 members (excludes halogenated alkanes) is 8. The van der Waals surface area contributed by atoms with Crippen LogP contribution in [0.15, 0.2) is 30.3 Å². The molecule has 8 nitrogen and oxygen atoms in total. The van der Waals surface area contributed by atoms with Gasteiger partial charge in [-0.2, -0.15) is 0 Å². The SMILES string of the molecule is CC(C)(C)C(C)(OCCNC(=O)CCCCCCCCCCC=O)OCCNC(=O)OCc1ccccc1. The standard InChI is InChI=1S/C30H50N2O6/c1-29(2,3)30(4,38-24-21-32-28(35)36-25-26-17-13-12-14-18-26)37-23-20-31-27(34)19-15-10-8-6-5-7-9-11-16-22-33/h12-14,17-18,22H,5-11,15-16,19-21,23-25H2,1-4H3,(H,31,34)(H,32,35). The molecule has 0 radical (unpaired) electrons. The van der Waals surface area contributed by atoms with Crippen molar-refractivity contribution in [1.29, 1.82) is 0 Å². The first-order valence-electron chi connectivity index (χ1n) is 14.1. The van der Waals surface area contributed by atoms with Crippen LogP contribution < -0.4 is 10.6 Å². The van der Waals surface area contributed by atoms with Crippen molar-refractivity contribution in [3.05, 3.63) is 35.9 Å². The highest BCUT2D eigenvalue weighted by Gasteiger charge is 2.39. The number of hydrogen-bond acceptors (Lipinski definition) is 6. The van der Waals surface area contributed by atoms with Gasteiger partial charge in [0.2, 0.25) is 5.91 Å². The van der Waals surface area contributed by atoms with Crippen LogP contribution >= 0.6 is 0 Å². The molecule has 216 valence electrons. The Balaban J connectivity index is 2.16. The first-order chi connectivity index (χ1) is 18.2. The minimum Gasteiger partial charge on any atom is -0.445 e. The van der Waals surface area contributed by atoms with E-state index in [-0.39, 0.29) is 24.5 Å². The molecule has 0 aromatic heterocycles. The minimum absolute atomic E-state index is 0.0408. The van der Waals surface area contributed by atoms with E-state index in [2.05, 4.69) is 10.6 Å². The van der Waals surface area contributed by atoms with Crippen molar-refractivity contribution in [2.45, 2.75) is 104 Å². The first kappa shape index (κ1) is 33.6. The number of ether oxygens (including phenoxy) is 3. The summed E-state index contributed by atoms with van der Waals surface area (Å²) >= 11 is 0. The summed E-state index contributed by atoms with van der Waals surface area (Å²) in [5.74, 6) is -0.848. The van der Waals surface area contributed by atoms with Crippen molar-refractivity contribution in [2.75, 3.05) is 26.3 Å². The quantitative estimate of drug-likeness (QED) is 0.115. The molecule has 0 aliphatic rings. The Labute approximate surface area is 229 Å². The molecule has 2 N–H and O–H groups in total. The molecule has 1 atom stereocenters. The van der Waals surface area contributed by atoms with Crippen molar-refractivity contribution in [1.82, 2.24) is 10.6 Å². The summed E-state index contributed by atoms with van der Waals surface area (Å²) in [7, 11) is 0. The maximum absolute atomic E-state index is 12.1. The molecule has 8 heteroatoms. The number of aldehydes is 1. The Morgan fingerprint density at radius 3 is 1.92 bits per heavy atom. The number of carbonyl (C=O) groups is 3. The fraction of sp³-hybridized carbons (Fsp3) is 0.700. The van der Waals surface area contributed by atoms with Crippen LogP contribution in [0.1, 0.15) is 97.5 Å². The van der Waals surface area contributed by atoms with Crippen LogP contribution in [0, 0.1) is 5.41 Å². The second-order valence-electron chi connectivity index (χ2n) is 10.8. The Hall–Kier alpha value is -2.45. The lowest BCUT2D eigenvalue weighted by molar-refractivity contribution is -0.276. The van der Waals surface area contributed by atoms with Gasteiger partial charge in [0.1, 0.15) is 12.9 Å². The maximum atomic E-state index is 12.1. The van der Waals surface area contributed by atoms with Crippen LogP contribution in [0.4, 0.5) is 4.79 Å². The summed E-state index contributed by atoms with van der Waals surface area (Å²) in [4.78, 5) is 34.4. The molecule has 1 aromatic carbocycles. The van der Waals surface area contributed by atoms with E-state index < -0.39 is 11.9 Å². The van der Waals surface area contributed by atoms with E-state index in [1.807, 2.05) is 58.0 Å². The van der Waals surface area contributed by atoms with E-state index in [0.29, 0.717) is 32.5 Å². The first-order valence-corrected chi connectivity index (χ1v) is 14.1. The van der Waals surface area contributed by atoms with Gasteiger partial charge in [-0.1, -0.05) is 89.6 Å². The Morgan fingerprint density at radius 2 is 1.34 bits per heavy atom. The molecule has 1 aromatic rings. The predicted octanol–water partition coefficient (Wildman–Crippen LogP) is 5.92. The Bertz CT molecular complexity index is 781. The van der Waals surface area contributed by atoms with Crippen molar-refractivity contribution < 1.29 is 28.6 Å². The molecule has 2 amide bonds. The third-order valence-corrected chi connectivity index (χ3v) is 6.60. The number of benzene rings is 1. The van der Waals surface area contributed by atoms with Gasteiger partial charge in [-0.05, 0) is 25.3 Å². The summed E-state index contributed by atoms with van der Waals surface area (Å²) in [5.41, 5.74) is 0.605. The van der Waals surface area contributed by atoms with Crippen LogP contribution in [-0.2, 0) is 30.4 Å². The summed E-state index contributed by atoms with van der Waals surface area (Å²) in [6.07, 6.45) is 10.5. The predicted molar refractivity (Wildman–Crippen MR) is 150 cm³/mol. The molecule has 0 spiro atoms. The van der Waals surface area contributed by atoms with Gasteiger partial charge >= 0.3 is 6.09 Å². The zero-order valence-corrected chi connectivity index (χ0v) is 24.0. The monoisotopic (exact) mass is 534 g/mol. The zero-order valence-electron chi connectivity index (χ0n) is 24.0. The van der Waals surface area contributed by atoms with Crippen LogP contribution in [-0.4, -0.2) is 50.4 Å². The highest BCUT2D eigenvalue weighted by Crippen LogP contribution is 2.34. The average Bonchev–Trinajstić information content (AvgIpc) is 2.89. The van der Waals surface area contributed by atoms with Crippen molar-refractivity contribution in [3.63, 3.8) is 0 Å². The van der Waals surface area contributed by atoms with Crippen LogP contribution in [0.25, 0.3) is 0 Å². The second-order valence-corrected chi connectivity index (χ2v) is 10.8. The second kappa shape index (κ2) is 19.6. The number of alkyl carbamates (subject to hydrolysis) is 1. The lowest BCUT2D eigenvalue weighted by Crippen LogP contribution is -2.47. The van der Waals surface area contributed by atoms with Gasteiger partial charge in [-0.25, -0.2) is 4.79 Å². The summed E-state index contributed by atoms with van der Waals surface area (Å²) in [6, 6.07) is 9.50. The summed E-state index contributed by atoms with van der Waals surface area (Å²) in [5, 5.41) is 5.62. The molecular formula is C30H50N2O6. The van der Waals surface area contributed by atoms with Gasteiger partial charge in [0.25, 0.3) is 0 Å². The minimum atomic E-state index is -0.888. The zero-order chi connectivity index (χ0) is 28.1. The number of amides is 2. The van der Waals surface area contributed by atoms with Crippen LogP contribution in [0.3, 0.4) is 0 Å². The van der Waals surface area contributed by atoms with Gasteiger partial charge in [0, 0.05) is 31.3 Å². The molecule has 1 rings (SSSR count). The number of rotatable bonds is 21. The fourth-order valence-electron chi connectivity index (χ4n) is 3.75. The van der Waals surface area contributed by atoms with E-state index in [0.717, 1.165) is 44.0 Å². The van der Waals surface area contributed by atoms with Crippen LogP contribution in [0.5, 0.6) is 0 Å². The van der Waals surface area contributed by atoms with Gasteiger partial charge in [-0.3, -0.25) is 4.79 Å². The lowest BCUT2D eigenvalue weighted by atomic mass is 9.86. The smallest absolute Gasteiger partial charge is 0.407 e. The molecule has 0 saturated heterocycles. The topological polar surface area (TPSA) is 103 Å². The number of nitrogens with one attached hydrogen (secondary N) is 2. The van der Waals surface area contributed by atoms with Crippen molar-refractivity contribution in [2.24, 2.45) is 5.41 Å². The Morgan fingerprint density at radius 1 is 0.789 bits per heavy atom. The average molecular weight is 535 g/mol. The maximum Gasteiger partial charge on any atom is 0.407 e.